The molecule has 216 valence electrons. The van der Waals surface area contributed by atoms with Gasteiger partial charge in [0.15, 0.2) is 0 Å². The van der Waals surface area contributed by atoms with Crippen molar-refractivity contribution >= 4 is 55.1 Å². The van der Waals surface area contributed by atoms with Crippen molar-refractivity contribution in [2.24, 2.45) is 0 Å². The highest BCUT2D eigenvalue weighted by molar-refractivity contribution is 9.10. The molecule has 1 amide bonds. The van der Waals surface area contributed by atoms with Crippen LogP contribution in [0.4, 0.5) is 0 Å². The number of halogens is 3. The number of aromatic nitrogens is 1. The number of ether oxygens (including phenoxy) is 1. The Morgan fingerprint density at radius 3 is 2.50 bits per heavy atom. The molecule has 0 atom stereocenters. The summed E-state index contributed by atoms with van der Waals surface area (Å²) in [7, 11) is -2.63. The van der Waals surface area contributed by atoms with Gasteiger partial charge in [0.05, 0.1) is 24.7 Å². The smallest absolute Gasteiger partial charge is 0.245 e. The summed E-state index contributed by atoms with van der Waals surface area (Å²) in [6.45, 7) is 0.877. The Balaban J connectivity index is 1.60. The van der Waals surface area contributed by atoms with E-state index in [1.807, 2.05) is 35.4 Å². The highest BCUT2D eigenvalue weighted by atomic mass is 79.9. The van der Waals surface area contributed by atoms with Crippen LogP contribution in [0.25, 0.3) is 0 Å². The molecule has 0 aliphatic heterocycles. The van der Waals surface area contributed by atoms with Gasteiger partial charge >= 0.3 is 0 Å². The Labute approximate surface area is 255 Å². The molecule has 1 fully saturated rings. The molecular weight excluding hydrogens is 637 g/mol. The van der Waals surface area contributed by atoms with Gasteiger partial charge in [-0.3, -0.25) is 4.79 Å². The lowest BCUT2D eigenvalue weighted by atomic mass is 9.94. The average Bonchev–Trinajstić information content (AvgIpc) is 3.38. The molecule has 4 rings (SSSR count). The lowest BCUT2D eigenvalue weighted by molar-refractivity contribution is -0.135. The number of rotatable bonds is 12. The number of nitrogens with zero attached hydrogens (tertiary/aromatic N) is 3. The van der Waals surface area contributed by atoms with Gasteiger partial charge in [0, 0.05) is 47.6 Å². The molecule has 1 aliphatic carbocycles. The van der Waals surface area contributed by atoms with Gasteiger partial charge in [-0.25, -0.2) is 8.42 Å². The van der Waals surface area contributed by atoms with Gasteiger partial charge in [-0.15, -0.1) is 0 Å². The summed E-state index contributed by atoms with van der Waals surface area (Å²) >= 11 is 15.9. The van der Waals surface area contributed by atoms with Crippen LogP contribution in [-0.2, 0) is 32.6 Å². The second-order valence-corrected chi connectivity index (χ2v) is 13.6. The molecular formula is C29H34BrCl2N3O4S. The summed E-state index contributed by atoms with van der Waals surface area (Å²) in [5, 5.41) is 0.297. The molecule has 7 nitrogen and oxygen atoms in total. The SMILES string of the molecule is COCCN(CC(=O)N(Cc1cccn1Cc1ccc(Br)cc1)C1CCCCC1)S(=O)(=O)c1cc(Cl)ccc1Cl. The molecule has 1 saturated carbocycles. The summed E-state index contributed by atoms with van der Waals surface area (Å²) in [5.41, 5.74) is 2.14. The molecule has 1 aromatic heterocycles. The first-order valence-electron chi connectivity index (χ1n) is 13.3. The Morgan fingerprint density at radius 2 is 1.80 bits per heavy atom. The first-order chi connectivity index (χ1) is 19.2. The van der Waals surface area contributed by atoms with Crippen LogP contribution in [0, 0.1) is 0 Å². The second kappa shape index (κ2) is 14.3. The number of carbonyl (C=O) groups is 1. The summed E-state index contributed by atoms with van der Waals surface area (Å²) in [4.78, 5) is 15.7. The average molecular weight is 671 g/mol. The predicted octanol–water partition coefficient (Wildman–Crippen LogP) is 6.60. The number of amides is 1. The van der Waals surface area contributed by atoms with Crippen molar-refractivity contribution in [1.82, 2.24) is 13.8 Å². The second-order valence-electron chi connectivity index (χ2n) is 9.97. The topological polar surface area (TPSA) is 71.8 Å². The first-order valence-corrected chi connectivity index (χ1v) is 16.3. The molecule has 0 radical (unpaired) electrons. The van der Waals surface area contributed by atoms with Crippen molar-refractivity contribution in [2.45, 2.75) is 56.1 Å². The number of hydrogen-bond acceptors (Lipinski definition) is 4. The Kier molecular flexibility index (Phi) is 11.1. The van der Waals surface area contributed by atoms with E-state index in [4.69, 9.17) is 27.9 Å². The third-order valence-corrected chi connectivity index (χ3v) is 10.3. The van der Waals surface area contributed by atoms with Crippen molar-refractivity contribution in [3.63, 3.8) is 0 Å². The third kappa shape index (κ3) is 7.89. The fourth-order valence-corrected chi connectivity index (χ4v) is 7.43. The molecule has 1 heterocycles. The summed E-state index contributed by atoms with van der Waals surface area (Å²) in [5.74, 6) is -0.249. The number of sulfonamides is 1. The minimum Gasteiger partial charge on any atom is -0.383 e. The monoisotopic (exact) mass is 669 g/mol. The van der Waals surface area contributed by atoms with Crippen LogP contribution in [-0.4, -0.2) is 60.9 Å². The Bertz CT molecular complexity index is 1390. The van der Waals surface area contributed by atoms with E-state index >= 15 is 0 Å². The lowest BCUT2D eigenvalue weighted by Gasteiger charge is -2.36. The zero-order valence-electron chi connectivity index (χ0n) is 22.4. The van der Waals surface area contributed by atoms with Gasteiger partial charge in [-0.05, 0) is 60.9 Å². The highest BCUT2D eigenvalue weighted by Crippen LogP contribution is 2.29. The molecule has 0 bridgehead atoms. The summed E-state index contributed by atoms with van der Waals surface area (Å²) in [6, 6.07) is 16.5. The number of benzene rings is 2. The van der Waals surface area contributed by atoms with Crippen LogP contribution in [0.2, 0.25) is 10.0 Å². The minimum absolute atomic E-state index is 0.00582. The predicted molar refractivity (Wildman–Crippen MR) is 162 cm³/mol. The Hall–Kier alpha value is -1.88. The normalized spacial score (nSPS) is 14.5. The zero-order chi connectivity index (χ0) is 28.7. The fraction of sp³-hybridized carbons (Fsp3) is 0.414. The Morgan fingerprint density at radius 1 is 1.07 bits per heavy atom. The lowest BCUT2D eigenvalue weighted by Crippen LogP contribution is -2.48. The number of methoxy groups -OCH3 is 1. The molecule has 2 aromatic carbocycles. The van der Waals surface area contributed by atoms with Crippen molar-refractivity contribution < 1.29 is 17.9 Å². The van der Waals surface area contributed by atoms with Crippen LogP contribution in [0.3, 0.4) is 0 Å². The fourth-order valence-electron chi connectivity index (χ4n) is 5.05. The van der Waals surface area contributed by atoms with E-state index in [2.05, 4.69) is 32.6 Å². The van der Waals surface area contributed by atoms with E-state index in [0.717, 1.165) is 52.1 Å². The summed E-state index contributed by atoms with van der Waals surface area (Å²) < 4.78 is 36.9. The largest absolute Gasteiger partial charge is 0.383 e. The standard InChI is InChI=1S/C29H34BrCl2N3O4S/c1-39-17-16-34(40(37,38)28-18-24(31)13-14-27(28)32)21-29(36)35(25-6-3-2-4-7-25)20-26-8-5-15-33(26)19-22-9-11-23(30)12-10-22/h5,8-15,18,25H,2-4,6-7,16-17,19-21H2,1H3. The van der Waals surface area contributed by atoms with E-state index in [-0.39, 0.29) is 46.6 Å². The van der Waals surface area contributed by atoms with E-state index < -0.39 is 10.0 Å². The van der Waals surface area contributed by atoms with Gasteiger partial charge in [0.25, 0.3) is 0 Å². The van der Waals surface area contributed by atoms with Crippen molar-refractivity contribution in [1.29, 1.82) is 0 Å². The quantitative estimate of drug-likeness (QED) is 0.218. The van der Waals surface area contributed by atoms with Gasteiger partial charge in [-0.1, -0.05) is 70.5 Å². The molecule has 40 heavy (non-hydrogen) atoms. The van der Waals surface area contributed by atoms with E-state index in [0.29, 0.717) is 13.1 Å². The molecule has 0 unspecified atom stereocenters. The molecule has 0 spiro atoms. The van der Waals surface area contributed by atoms with Crippen molar-refractivity contribution in [3.8, 4) is 0 Å². The molecule has 1 aliphatic rings. The first kappa shape index (κ1) is 31.1. The third-order valence-electron chi connectivity index (χ3n) is 7.23. The minimum atomic E-state index is -4.12. The van der Waals surface area contributed by atoms with Crippen molar-refractivity contribution in [2.75, 3.05) is 26.8 Å². The van der Waals surface area contributed by atoms with E-state index in [9.17, 15) is 13.2 Å². The maximum absolute atomic E-state index is 14.0. The van der Waals surface area contributed by atoms with E-state index in [1.54, 1.807) is 0 Å². The van der Waals surface area contributed by atoms with Crippen LogP contribution >= 0.6 is 39.1 Å². The van der Waals surface area contributed by atoms with Gasteiger partial charge in [-0.2, -0.15) is 4.31 Å². The van der Waals surface area contributed by atoms with Crippen LogP contribution in [0.15, 0.2) is 70.2 Å². The number of carbonyl (C=O) groups excluding carboxylic acids is 1. The van der Waals surface area contributed by atoms with Gasteiger partial charge in [0.2, 0.25) is 15.9 Å². The zero-order valence-corrected chi connectivity index (χ0v) is 26.4. The van der Waals surface area contributed by atoms with Crippen molar-refractivity contribution in [3.05, 3.63) is 86.6 Å². The van der Waals surface area contributed by atoms with Crippen LogP contribution in [0.1, 0.15) is 43.4 Å². The van der Waals surface area contributed by atoms with Gasteiger partial charge < -0.3 is 14.2 Å². The molecule has 0 N–H and O–H groups in total. The van der Waals surface area contributed by atoms with Gasteiger partial charge in [0.1, 0.15) is 4.90 Å². The molecule has 0 saturated heterocycles. The molecule has 3 aromatic rings. The van der Waals surface area contributed by atoms with E-state index in [1.165, 1.54) is 25.3 Å². The maximum Gasteiger partial charge on any atom is 0.245 e. The molecule has 11 heteroatoms. The summed E-state index contributed by atoms with van der Waals surface area (Å²) in [6.07, 6.45) is 7.02. The maximum atomic E-state index is 14.0. The highest BCUT2D eigenvalue weighted by Gasteiger charge is 2.33. The van der Waals surface area contributed by atoms with Crippen LogP contribution < -0.4 is 0 Å². The van der Waals surface area contributed by atoms with Crippen LogP contribution in [0.5, 0.6) is 0 Å². The number of hydrogen-bond donors (Lipinski definition) is 0.